The molecule has 6 nitrogen and oxygen atoms in total. The summed E-state index contributed by atoms with van der Waals surface area (Å²) in [5, 5.41) is 3.30. The molecular formula is C12H23N3O3S. The van der Waals surface area contributed by atoms with Gasteiger partial charge in [-0.3, -0.25) is 4.79 Å². The first-order valence-corrected chi connectivity index (χ1v) is 8.80. The van der Waals surface area contributed by atoms with Crippen molar-refractivity contribution in [3.63, 3.8) is 0 Å². The average molecular weight is 289 g/mol. The SMILES string of the molecule is CS(=O)(=O)N1CCN(C(=O)C2CCCCCN2)CC1. The fourth-order valence-corrected chi connectivity index (χ4v) is 3.53. The molecule has 1 unspecified atom stereocenters. The molecule has 2 aliphatic rings. The van der Waals surface area contributed by atoms with E-state index in [1.807, 2.05) is 0 Å². The number of carbonyl (C=O) groups is 1. The highest BCUT2D eigenvalue weighted by Gasteiger charge is 2.30. The number of hydrogen-bond donors (Lipinski definition) is 1. The second-order valence-electron chi connectivity index (χ2n) is 5.34. The lowest BCUT2D eigenvalue weighted by molar-refractivity contribution is -0.134. The van der Waals surface area contributed by atoms with Gasteiger partial charge < -0.3 is 10.2 Å². The molecule has 0 bridgehead atoms. The van der Waals surface area contributed by atoms with Crippen LogP contribution in [0.3, 0.4) is 0 Å². The third-order valence-corrected chi connectivity index (χ3v) is 5.18. The summed E-state index contributed by atoms with van der Waals surface area (Å²) in [5.41, 5.74) is 0. The molecule has 2 aliphatic heterocycles. The standard InChI is InChI=1S/C12H23N3O3S/c1-19(17,18)15-9-7-14(8-10-15)12(16)11-5-3-2-4-6-13-11/h11,13H,2-10H2,1H3. The van der Waals surface area contributed by atoms with Gasteiger partial charge in [-0.05, 0) is 19.4 Å². The number of piperazine rings is 1. The molecule has 0 aromatic heterocycles. The average Bonchev–Trinajstić information content (AvgIpc) is 2.66. The smallest absolute Gasteiger partial charge is 0.239 e. The number of rotatable bonds is 2. The van der Waals surface area contributed by atoms with Crippen molar-refractivity contribution in [3.8, 4) is 0 Å². The van der Waals surface area contributed by atoms with Crippen LogP contribution in [0.15, 0.2) is 0 Å². The Labute approximate surface area is 115 Å². The molecule has 2 fully saturated rings. The summed E-state index contributed by atoms with van der Waals surface area (Å²) >= 11 is 0. The maximum atomic E-state index is 12.4. The van der Waals surface area contributed by atoms with E-state index in [0.29, 0.717) is 26.2 Å². The fourth-order valence-electron chi connectivity index (χ4n) is 2.70. The maximum Gasteiger partial charge on any atom is 0.239 e. The lowest BCUT2D eigenvalue weighted by Gasteiger charge is -2.35. The van der Waals surface area contributed by atoms with Crippen LogP contribution in [-0.4, -0.2) is 68.6 Å². The Morgan fingerprint density at radius 2 is 1.79 bits per heavy atom. The van der Waals surface area contributed by atoms with Gasteiger partial charge in [-0.1, -0.05) is 12.8 Å². The predicted octanol–water partition coefficient (Wildman–Crippen LogP) is -0.378. The van der Waals surface area contributed by atoms with Crippen molar-refractivity contribution < 1.29 is 13.2 Å². The second kappa shape index (κ2) is 6.19. The summed E-state index contributed by atoms with van der Waals surface area (Å²) in [6, 6.07) is -0.0766. The molecule has 0 aromatic carbocycles. The summed E-state index contributed by atoms with van der Waals surface area (Å²) in [6.07, 6.45) is 5.51. The van der Waals surface area contributed by atoms with Crippen LogP contribution in [0, 0.1) is 0 Å². The molecule has 1 N–H and O–H groups in total. The van der Waals surface area contributed by atoms with E-state index in [4.69, 9.17) is 0 Å². The van der Waals surface area contributed by atoms with Crippen LogP contribution in [0.25, 0.3) is 0 Å². The van der Waals surface area contributed by atoms with E-state index in [2.05, 4.69) is 5.32 Å². The van der Waals surface area contributed by atoms with Gasteiger partial charge in [0.15, 0.2) is 0 Å². The molecular weight excluding hydrogens is 266 g/mol. The zero-order valence-corrected chi connectivity index (χ0v) is 12.3. The predicted molar refractivity (Wildman–Crippen MR) is 73.3 cm³/mol. The third-order valence-electron chi connectivity index (χ3n) is 3.88. The third kappa shape index (κ3) is 3.90. The quantitative estimate of drug-likeness (QED) is 0.752. The molecule has 0 aliphatic carbocycles. The number of nitrogens with zero attached hydrogens (tertiary/aromatic N) is 2. The van der Waals surface area contributed by atoms with Crippen molar-refractivity contribution in [2.45, 2.75) is 31.7 Å². The van der Waals surface area contributed by atoms with Gasteiger partial charge in [0.25, 0.3) is 0 Å². The molecule has 2 heterocycles. The largest absolute Gasteiger partial charge is 0.339 e. The number of sulfonamides is 1. The molecule has 2 rings (SSSR count). The van der Waals surface area contributed by atoms with Gasteiger partial charge in [-0.15, -0.1) is 0 Å². The molecule has 2 saturated heterocycles. The number of nitrogens with one attached hydrogen (secondary N) is 1. The molecule has 0 aromatic rings. The lowest BCUT2D eigenvalue weighted by atomic mass is 10.1. The first-order valence-electron chi connectivity index (χ1n) is 6.96. The van der Waals surface area contributed by atoms with Crippen LogP contribution in [0.2, 0.25) is 0 Å². The normalized spacial score (nSPS) is 27.0. The minimum Gasteiger partial charge on any atom is -0.339 e. The maximum absolute atomic E-state index is 12.4. The van der Waals surface area contributed by atoms with Gasteiger partial charge in [0, 0.05) is 26.2 Å². The van der Waals surface area contributed by atoms with E-state index in [1.54, 1.807) is 4.90 Å². The van der Waals surface area contributed by atoms with Crippen molar-refractivity contribution in [1.29, 1.82) is 0 Å². The highest BCUT2D eigenvalue weighted by Crippen LogP contribution is 2.13. The molecule has 110 valence electrons. The molecule has 0 spiro atoms. The van der Waals surface area contributed by atoms with Crippen molar-refractivity contribution in [2.75, 3.05) is 39.0 Å². The Morgan fingerprint density at radius 1 is 1.11 bits per heavy atom. The van der Waals surface area contributed by atoms with Crippen LogP contribution < -0.4 is 5.32 Å². The summed E-state index contributed by atoms with van der Waals surface area (Å²) in [6.45, 7) is 2.74. The Morgan fingerprint density at radius 3 is 2.42 bits per heavy atom. The highest BCUT2D eigenvalue weighted by atomic mass is 32.2. The second-order valence-corrected chi connectivity index (χ2v) is 7.33. The fraction of sp³-hybridized carbons (Fsp3) is 0.917. The van der Waals surface area contributed by atoms with Gasteiger partial charge in [0.1, 0.15) is 0 Å². The summed E-state index contributed by atoms with van der Waals surface area (Å²) in [7, 11) is -3.13. The molecule has 0 saturated carbocycles. The Bertz CT molecular complexity index is 408. The topological polar surface area (TPSA) is 69.7 Å². The zero-order chi connectivity index (χ0) is 13.9. The zero-order valence-electron chi connectivity index (χ0n) is 11.5. The Balaban J connectivity index is 1.88. The van der Waals surface area contributed by atoms with E-state index < -0.39 is 10.0 Å². The summed E-state index contributed by atoms with van der Waals surface area (Å²) in [5.74, 6) is 0.134. The molecule has 19 heavy (non-hydrogen) atoms. The van der Waals surface area contributed by atoms with E-state index in [1.165, 1.54) is 17.0 Å². The lowest BCUT2D eigenvalue weighted by Crippen LogP contribution is -2.54. The van der Waals surface area contributed by atoms with Crippen LogP contribution in [0.1, 0.15) is 25.7 Å². The van der Waals surface area contributed by atoms with E-state index in [9.17, 15) is 13.2 Å². The van der Waals surface area contributed by atoms with Gasteiger partial charge in [-0.2, -0.15) is 4.31 Å². The highest BCUT2D eigenvalue weighted by molar-refractivity contribution is 7.88. The van der Waals surface area contributed by atoms with Gasteiger partial charge in [0.05, 0.1) is 12.3 Å². The van der Waals surface area contributed by atoms with Crippen LogP contribution >= 0.6 is 0 Å². The summed E-state index contributed by atoms with van der Waals surface area (Å²) in [4.78, 5) is 14.2. The minimum atomic E-state index is -3.13. The van der Waals surface area contributed by atoms with Crippen molar-refractivity contribution >= 4 is 15.9 Å². The first-order chi connectivity index (χ1) is 8.98. The van der Waals surface area contributed by atoms with Gasteiger partial charge in [0.2, 0.25) is 15.9 Å². The number of carbonyl (C=O) groups excluding carboxylic acids is 1. The van der Waals surface area contributed by atoms with Crippen molar-refractivity contribution in [2.24, 2.45) is 0 Å². The van der Waals surface area contributed by atoms with E-state index in [-0.39, 0.29) is 11.9 Å². The van der Waals surface area contributed by atoms with Gasteiger partial charge in [-0.25, -0.2) is 8.42 Å². The molecule has 1 atom stereocenters. The van der Waals surface area contributed by atoms with E-state index in [0.717, 1.165) is 25.8 Å². The van der Waals surface area contributed by atoms with E-state index >= 15 is 0 Å². The van der Waals surface area contributed by atoms with Crippen molar-refractivity contribution in [1.82, 2.24) is 14.5 Å². The van der Waals surface area contributed by atoms with Gasteiger partial charge >= 0.3 is 0 Å². The summed E-state index contributed by atoms with van der Waals surface area (Å²) < 4.78 is 24.3. The number of hydrogen-bond acceptors (Lipinski definition) is 4. The Kier molecular flexibility index (Phi) is 4.81. The van der Waals surface area contributed by atoms with Crippen LogP contribution in [0.4, 0.5) is 0 Å². The molecule has 0 radical (unpaired) electrons. The Hall–Kier alpha value is -0.660. The monoisotopic (exact) mass is 289 g/mol. The molecule has 1 amide bonds. The van der Waals surface area contributed by atoms with Crippen LogP contribution in [0.5, 0.6) is 0 Å². The molecule has 7 heteroatoms. The minimum absolute atomic E-state index is 0.0766. The van der Waals surface area contributed by atoms with Crippen molar-refractivity contribution in [3.05, 3.63) is 0 Å². The van der Waals surface area contributed by atoms with Crippen LogP contribution in [-0.2, 0) is 14.8 Å². The first kappa shape index (κ1) is 14.7. The number of amides is 1.